The first-order chi connectivity index (χ1) is 12.2. The monoisotopic (exact) mass is 380 g/mol. The summed E-state index contributed by atoms with van der Waals surface area (Å²) < 4.78 is 31.8. The van der Waals surface area contributed by atoms with Gasteiger partial charge in [-0.1, -0.05) is 5.16 Å². The topological polar surface area (TPSA) is 130 Å². The zero-order valence-corrected chi connectivity index (χ0v) is 15.3. The Kier molecular flexibility index (Phi) is 6.11. The van der Waals surface area contributed by atoms with Gasteiger partial charge < -0.3 is 15.2 Å². The standard InChI is InChI=1S/C16H20N4O5S/c1-10(15-8-9-25-19-15)17-16(22)11(2)20-26(23,24)14-6-4-13(5-7-14)18-12(3)21/h4-11,20H,1-3H3,(H,17,22)(H,18,21)/t10-,11-/m0/s1. The van der Waals surface area contributed by atoms with E-state index in [4.69, 9.17) is 4.52 Å². The first-order valence-corrected chi connectivity index (χ1v) is 9.28. The maximum Gasteiger partial charge on any atom is 0.241 e. The molecule has 0 saturated carbocycles. The molecule has 0 unspecified atom stereocenters. The van der Waals surface area contributed by atoms with Gasteiger partial charge in [0.2, 0.25) is 21.8 Å². The van der Waals surface area contributed by atoms with Crippen molar-refractivity contribution in [2.45, 2.75) is 37.8 Å². The van der Waals surface area contributed by atoms with Crippen LogP contribution in [0, 0.1) is 0 Å². The molecule has 9 nitrogen and oxygen atoms in total. The lowest BCUT2D eigenvalue weighted by Gasteiger charge is -2.17. The van der Waals surface area contributed by atoms with Crippen LogP contribution in [0.1, 0.15) is 32.5 Å². The normalized spacial score (nSPS) is 13.7. The van der Waals surface area contributed by atoms with Crippen LogP contribution in [-0.4, -0.2) is 31.4 Å². The Morgan fingerprint density at radius 1 is 1.12 bits per heavy atom. The highest BCUT2D eigenvalue weighted by Gasteiger charge is 2.23. The molecule has 0 spiro atoms. The van der Waals surface area contributed by atoms with Gasteiger partial charge in [0.25, 0.3) is 0 Å². The van der Waals surface area contributed by atoms with Gasteiger partial charge in [-0.25, -0.2) is 8.42 Å². The summed E-state index contributed by atoms with van der Waals surface area (Å²) in [7, 11) is -3.90. The summed E-state index contributed by atoms with van der Waals surface area (Å²) in [5.74, 6) is -0.760. The number of carbonyl (C=O) groups is 2. The molecule has 0 bridgehead atoms. The Balaban J connectivity index is 2.00. The zero-order valence-electron chi connectivity index (χ0n) is 14.5. The molecule has 2 atom stereocenters. The van der Waals surface area contributed by atoms with Gasteiger partial charge in [0.15, 0.2) is 0 Å². The molecule has 1 aromatic heterocycles. The fraction of sp³-hybridized carbons (Fsp3) is 0.312. The summed E-state index contributed by atoms with van der Waals surface area (Å²) in [5.41, 5.74) is 1.01. The summed E-state index contributed by atoms with van der Waals surface area (Å²) in [6.07, 6.45) is 1.38. The lowest BCUT2D eigenvalue weighted by atomic mass is 10.2. The number of amides is 2. The minimum atomic E-state index is -3.90. The highest BCUT2D eigenvalue weighted by molar-refractivity contribution is 7.89. The summed E-state index contributed by atoms with van der Waals surface area (Å²) in [6, 6.07) is 5.80. The third kappa shape index (κ3) is 5.14. The number of nitrogens with zero attached hydrogens (tertiary/aromatic N) is 1. The van der Waals surface area contributed by atoms with Gasteiger partial charge in [0, 0.05) is 18.7 Å². The molecule has 3 N–H and O–H groups in total. The molecule has 0 saturated heterocycles. The molecule has 2 aromatic rings. The van der Waals surface area contributed by atoms with E-state index in [1.54, 1.807) is 13.0 Å². The highest BCUT2D eigenvalue weighted by Crippen LogP contribution is 2.15. The average molecular weight is 380 g/mol. The molecule has 0 fully saturated rings. The molecule has 1 aromatic carbocycles. The SMILES string of the molecule is CC(=O)Nc1ccc(S(=O)(=O)N[C@@H](C)C(=O)N[C@@H](C)c2ccon2)cc1. The van der Waals surface area contributed by atoms with Crippen LogP contribution in [0.2, 0.25) is 0 Å². The Bertz CT molecular complexity index is 863. The maximum atomic E-state index is 12.4. The number of rotatable bonds is 7. The van der Waals surface area contributed by atoms with Gasteiger partial charge in [-0.15, -0.1) is 0 Å². The van der Waals surface area contributed by atoms with Gasteiger partial charge in [-0.2, -0.15) is 4.72 Å². The molecule has 2 amide bonds. The molecule has 0 radical (unpaired) electrons. The number of anilines is 1. The van der Waals surface area contributed by atoms with E-state index in [0.29, 0.717) is 11.4 Å². The van der Waals surface area contributed by atoms with Crippen LogP contribution in [-0.2, 0) is 19.6 Å². The number of sulfonamides is 1. The van der Waals surface area contributed by atoms with E-state index >= 15 is 0 Å². The van der Waals surface area contributed by atoms with Crippen molar-refractivity contribution < 1.29 is 22.5 Å². The molecule has 0 aliphatic heterocycles. The largest absolute Gasteiger partial charge is 0.364 e. The third-order valence-electron chi connectivity index (χ3n) is 3.47. The Morgan fingerprint density at radius 3 is 2.31 bits per heavy atom. The van der Waals surface area contributed by atoms with Gasteiger partial charge in [0.1, 0.15) is 12.0 Å². The van der Waals surface area contributed by atoms with E-state index in [1.807, 2.05) is 0 Å². The number of hydrogen-bond donors (Lipinski definition) is 3. The molecule has 0 aliphatic rings. The molecular formula is C16H20N4O5S. The van der Waals surface area contributed by atoms with Crippen LogP contribution < -0.4 is 15.4 Å². The van der Waals surface area contributed by atoms with Gasteiger partial charge >= 0.3 is 0 Å². The Morgan fingerprint density at radius 2 is 1.77 bits per heavy atom. The molecule has 26 heavy (non-hydrogen) atoms. The minimum Gasteiger partial charge on any atom is -0.364 e. The van der Waals surface area contributed by atoms with Crippen LogP contribution in [0.4, 0.5) is 5.69 Å². The lowest BCUT2D eigenvalue weighted by molar-refractivity contribution is -0.123. The van der Waals surface area contributed by atoms with Crippen molar-refractivity contribution in [3.05, 3.63) is 42.3 Å². The maximum absolute atomic E-state index is 12.4. The van der Waals surface area contributed by atoms with Crippen LogP contribution in [0.25, 0.3) is 0 Å². The highest BCUT2D eigenvalue weighted by atomic mass is 32.2. The second kappa shape index (κ2) is 8.11. The number of nitrogens with one attached hydrogen (secondary N) is 3. The van der Waals surface area contributed by atoms with Crippen LogP contribution in [0.5, 0.6) is 0 Å². The smallest absolute Gasteiger partial charge is 0.241 e. The van der Waals surface area contributed by atoms with Crippen LogP contribution in [0.3, 0.4) is 0 Å². The molecule has 1 heterocycles. The summed E-state index contributed by atoms with van der Waals surface area (Å²) in [4.78, 5) is 23.2. The molecule has 0 aliphatic carbocycles. The average Bonchev–Trinajstić information content (AvgIpc) is 3.08. The van der Waals surface area contributed by atoms with E-state index in [2.05, 4.69) is 20.5 Å². The van der Waals surface area contributed by atoms with Crippen molar-refractivity contribution in [2.24, 2.45) is 0 Å². The first kappa shape index (κ1) is 19.6. The number of carbonyl (C=O) groups excluding carboxylic acids is 2. The van der Waals surface area contributed by atoms with Gasteiger partial charge in [-0.05, 0) is 38.1 Å². The second-order valence-electron chi connectivity index (χ2n) is 5.70. The molecule has 140 valence electrons. The second-order valence-corrected chi connectivity index (χ2v) is 7.42. The van der Waals surface area contributed by atoms with Crippen molar-refractivity contribution in [3.63, 3.8) is 0 Å². The van der Waals surface area contributed by atoms with Crippen LogP contribution in [0.15, 0.2) is 46.0 Å². The van der Waals surface area contributed by atoms with Crippen molar-refractivity contribution in [2.75, 3.05) is 5.32 Å². The van der Waals surface area contributed by atoms with E-state index < -0.39 is 28.0 Å². The zero-order chi connectivity index (χ0) is 19.3. The van der Waals surface area contributed by atoms with Crippen molar-refractivity contribution in [1.29, 1.82) is 0 Å². The van der Waals surface area contributed by atoms with Gasteiger partial charge in [-0.3, -0.25) is 9.59 Å². The first-order valence-electron chi connectivity index (χ1n) is 7.79. The number of aromatic nitrogens is 1. The molecular weight excluding hydrogens is 360 g/mol. The van der Waals surface area contributed by atoms with Crippen molar-refractivity contribution >= 4 is 27.5 Å². The van der Waals surface area contributed by atoms with Gasteiger partial charge in [0.05, 0.1) is 17.0 Å². The Hall–Kier alpha value is -2.72. The van der Waals surface area contributed by atoms with E-state index in [9.17, 15) is 18.0 Å². The van der Waals surface area contributed by atoms with E-state index in [1.165, 1.54) is 44.4 Å². The van der Waals surface area contributed by atoms with E-state index in [0.717, 1.165) is 0 Å². The molecule has 10 heteroatoms. The molecule has 2 rings (SSSR count). The lowest BCUT2D eigenvalue weighted by Crippen LogP contribution is -2.45. The quantitative estimate of drug-likeness (QED) is 0.661. The minimum absolute atomic E-state index is 0.0178. The number of benzene rings is 1. The third-order valence-corrected chi connectivity index (χ3v) is 5.03. The summed E-state index contributed by atoms with van der Waals surface area (Å²) in [6.45, 7) is 4.50. The van der Waals surface area contributed by atoms with Crippen molar-refractivity contribution in [3.8, 4) is 0 Å². The summed E-state index contributed by atoms with van der Waals surface area (Å²) >= 11 is 0. The van der Waals surface area contributed by atoms with E-state index in [-0.39, 0.29) is 10.8 Å². The fourth-order valence-electron chi connectivity index (χ4n) is 2.13. The predicted molar refractivity (Wildman–Crippen MR) is 93.6 cm³/mol. The predicted octanol–water partition coefficient (Wildman–Crippen LogP) is 1.18. The Labute approximate surface area is 151 Å². The van der Waals surface area contributed by atoms with Crippen LogP contribution >= 0.6 is 0 Å². The number of hydrogen-bond acceptors (Lipinski definition) is 6. The summed E-state index contributed by atoms with van der Waals surface area (Å²) in [5, 5.41) is 8.92. The fourth-order valence-corrected chi connectivity index (χ4v) is 3.34. The van der Waals surface area contributed by atoms with Crippen molar-refractivity contribution in [1.82, 2.24) is 15.2 Å².